The summed E-state index contributed by atoms with van der Waals surface area (Å²) in [5, 5.41) is 12.0. The molecule has 3 nitrogen and oxygen atoms in total. The lowest BCUT2D eigenvalue weighted by Crippen LogP contribution is -2.30. The summed E-state index contributed by atoms with van der Waals surface area (Å²) in [4.78, 5) is 0. The number of nitriles is 1. The van der Waals surface area contributed by atoms with Crippen LogP contribution in [-0.2, 0) is 4.74 Å². The number of hydrogen-bond acceptors (Lipinski definition) is 3. The van der Waals surface area contributed by atoms with Gasteiger partial charge in [-0.15, -0.1) is 0 Å². The Morgan fingerprint density at radius 1 is 1.41 bits per heavy atom. The molecule has 1 N–H and O–H groups in total. The molecule has 0 bridgehead atoms. The number of ether oxygens (including phenoxy) is 1. The zero-order valence-corrected chi connectivity index (χ0v) is 10.5. The molecular weight excluding hydrogens is 219 g/mol. The summed E-state index contributed by atoms with van der Waals surface area (Å²) < 4.78 is 18.7. The molecule has 0 aliphatic carbocycles. The highest BCUT2D eigenvalue weighted by molar-refractivity contribution is 5.56. The Labute approximate surface area is 101 Å². The van der Waals surface area contributed by atoms with E-state index >= 15 is 0 Å². The Hall–Kier alpha value is -1.60. The average Bonchev–Trinajstić information content (AvgIpc) is 2.33. The second-order valence-electron chi connectivity index (χ2n) is 4.12. The van der Waals surface area contributed by atoms with Crippen LogP contribution in [0.4, 0.5) is 10.1 Å². The van der Waals surface area contributed by atoms with Crippen molar-refractivity contribution in [3.8, 4) is 6.07 Å². The third-order valence-corrected chi connectivity index (χ3v) is 2.93. The highest BCUT2D eigenvalue weighted by atomic mass is 19.1. The number of halogens is 1. The molecule has 0 saturated carbocycles. The van der Waals surface area contributed by atoms with E-state index in [1.807, 2.05) is 19.9 Å². The van der Waals surface area contributed by atoms with Crippen LogP contribution in [0.2, 0.25) is 0 Å². The molecule has 17 heavy (non-hydrogen) atoms. The maximum atomic E-state index is 13.5. The summed E-state index contributed by atoms with van der Waals surface area (Å²) in [5.41, 5.74) is 1.46. The quantitative estimate of drug-likeness (QED) is 0.874. The summed E-state index contributed by atoms with van der Waals surface area (Å²) in [6, 6.07) is 4.87. The second-order valence-corrected chi connectivity index (χ2v) is 4.12. The maximum Gasteiger partial charge on any atom is 0.129 e. The van der Waals surface area contributed by atoms with Gasteiger partial charge in [0, 0.05) is 24.4 Å². The maximum absolute atomic E-state index is 13.5. The van der Waals surface area contributed by atoms with Crippen molar-refractivity contribution in [2.75, 3.05) is 12.4 Å². The molecule has 0 saturated heterocycles. The summed E-state index contributed by atoms with van der Waals surface area (Å²) in [6.45, 7) is 5.56. The van der Waals surface area contributed by atoms with Gasteiger partial charge in [-0.1, -0.05) is 0 Å². The van der Waals surface area contributed by atoms with Crippen molar-refractivity contribution in [1.29, 1.82) is 5.26 Å². The van der Waals surface area contributed by atoms with Crippen molar-refractivity contribution in [2.45, 2.75) is 32.9 Å². The fraction of sp³-hybridized carbons (Fsp3) is 0.462. The molecule has 0 amide bonds. The van der Waals surface area contributed by atoms with Crippen molar-refractivity contribution in [3.63, 3.8) is 0 Å². The summed E-state index contributed by atoms with van der Waals surface area (Å²) in [6.07, 6.45) is 0.00297. The molecule has 4 heteroatoms. The van der Waals surface area contributed by atoms with Crippen LogP contribution in [0.15, 0.2) is 12.1 Å². The third-order valence-electron chi connectivity index (χ3n) is 2.93. The molecule has 1 aromatic carbocycles. The van der Waals surface area contributed by atoms with Gasteiger partial charge in [-0.25, -0.2) is 4.39 Å². The van der Waals surface area contributed by atoms with E-state index in [9.17, 15) is 4.39 Å². The Kier molecular flexibility index (Phi) is 4.47. The Morgan fingerprint density at radius 2 is 2.06 bits per heavy atom. The Morgan fingerprint density at radius 3 is 2.59 bits per heavy atom. The molecule has 1 aromatic rings. The van der Waals surface area contributed by atoms with Crippen molar-refractivity contribution >= 4 is 5.69 Å². The van der Waals surface area contributed by atoms with Gasteiger partial charge in [-0.3, -0.25) is 0 Å². The number of nitrogens with one attached hydrogen (secondary N) is 1. The molecule has 2 unspecified atom stereocenters. The zero-order chi connectivity index (χ0) is 13.0. The third kappa shape index (κ3) is 3.18. The first kappa shape index (κ1) is 13.5. The highest BCUT2D eigenvalue weighted by Crippen LogP contribution is 2.21. The van der Waals surface area contributed by atoms with Crippen LogP contribution in [-0.4, -0.2) is 19.3 Å². The summed E-state index contributed by atoms with van der Waals surface area (Å²) in [7, 11) is 1.63. The summed E-state index contributed by atoms with van der Waals surface area (Å²) >= 11 is 0. The normalized spacial score (nSPS) is 13.9. The van der Waals surface area contributed by atoms with Crippen LogP contribution in [0.5, 0.6) is 0 Å². The molecule has 0 spiro atoms. The van der Waals surface area contributed by atoms with E-state index in [2.05, 4.69) is 5.32 Å². The number of anilines is 1. The first-order valence-electron chi connectivity index (χ1n) is 5.49. The van der Waals surface area contributed by atoms with Crippen LogP contribution in [0, 0.1) is 24.1 Å². The number of benzene rings is 1. The lowest BCUT2D eigenvalue weighted by Gasteiger charge is -2.22. The Bertz CT molecular complexity index is 440. The van der Waals surface area contributed by atoms with Gasteiger partial charge in [0.05, 0.1) is 17.7 Å². The van der Waals surface area contributed by atoms with E-state index < -0.39 is 0 Å². The standard InChI is InChI=1S/C13H17FN2O/c1-8-12(14)5-11(7-15)6-13(8)16-9(2)10(3)17-4/h5-6,9-10,16H,1-4H3. The van der Waals surface area contributed by atoms with Gasteiger partial charge < -0.3 is 10.1 Å². The molecular formula is C13H17FN2O. The van der Waals surface area contributed by atoms with Crippen molar-refractivity contribution in [1.82, 2.24) is 0 Å². The lowest BCUT2D eigenvalue weighted by molar-refractivity contribution is 0.106. The summed E-state index contributed by atoms with van der Waals surface area (Å²) in [5.74, 6) is -0.371. The molecule has 1 rings (SSSR count). The molecule has 2 atom stereocenters. The van der Waals surface area contributed by atoms with E-state index in [1.54, 1.807) is 20.1 Å². The highest BCUT2D eigenvalue weighted by Gasteiger charge is 2.14. The number of nitrogens with zero attached hydrogens (tertiary/aromatic N) is 1. The SMILES string of the molecule is COC(C)C(C)Nc1cc(C#N)cc(F)c1C. The van der Waals surface area contributed by atoms with E-state index in [1.165, 1.54) is 6.07 Å². The van der Waals surface area contributed by atoms with E-state index in [4.69, 9.17) is 10.00 Å². The first-order valence-corrected chi connectivity index (χ1v) is 5.49. The molecule has 0 heterocycles. The zero-order valence-electron chi connectivity index (χ0n) is 10.5. The van der Waals surface area contributed by atoms with Crippen LogP contribution in [0.1, 0.15) is 25.0 Å². The fourth-order valence-corrected chi connectivity index (χ4v) is 1.46. The van der Waals surface area contributed by atoms with E-state index in [-0.39, 0.29) is 18.0 Å². The molecule has 0 aliphatic rings. The smallest absolute Gasteiger partial charge is 0.129 e. The van der Waals surface area contributed by atoms with E-state index in [0.29, 0.717) is 16.8 Å². The van der Waals surface area contributed by atoms with Crippen molar-refractivity contribution in [2.24, 2.45) is 0 Å². The van der Waals surface area contributed by atoms with Gasteiger partial charge in [0.25, 0.3) is 0 Å². The first-order chi connectivity index (χ1) is 7.99. The fourth-order valence-electron chi connectivity index (χ4n) is 1.46. The molecule has 0 radical (unpaired) electrons. The van der Waals surface area contributed by atoms with Gasteiger partial charge in [0.1, 0.15) is 5.82 Å². The van der Waals surface area contributed by atoms with Gasteiger partial charge >= 0.3 is 0 Å². The lowest BCUT2D eigenvalue weighted by atomic mass is 10.1. The molecule has 92 valence electrons. The average molecular weight is 236 g/mol. The topological polar surface area (TPSA) is 45.0 Å². The minimum Gasteiger partial charge on any atom is -0.380 e. The van der Waals surface area contributed by atoms with Crippen molar-refractivity contribution < 1.29 is 9.13 Å². The predicted molar refractivity (Wildman–Crippen MR) is 65.4 cm³/mol. The van der Waals surface area contributed by atoms with Crippen LogP contribution < -0.4 is 5.32 Å². The predicted octanol–water partition coefficient (Wildman–Crippen LogP) is 2.84. The Balaban J connectivity index is 2.98. The monoisotopic (exact) mass is 236 g/mol. The molecule has 0 fully saturated rings. The number of methoxy groups -OCH3 is 1. The van der Waals surface area contributed by atoms with E-state index in [0.717, 1.165) is 0 Å². The van der Waals surface area contributed by atoms with Gasteiger partial charge in [-0.05, 0) is 32.9 Å². The minimum absolute atomic E-state index is 0.00297. The van der Waals surface area contributed by atoms with Crippen LogP contribution in [0.3, 0.4) is 0 Å². The van der Waals surface area contributed by atoms with Gasteiger partial charge in [0.2, 0.25) is 0 Å². The minimum atomic E-state index is -0.371. The molecule has 0 aromatic heterocycles. The largest absolute Gasteiger partial charge is 0.380 e. The molecule has 0 aliphatic heterocycles. The van der Waals surface area contributed by atoms with Crippen LogP contribution >= 0.6 is 0 Å². The van der Waals surface area contributed by atoms with Gasteiger partial charge in [0.15, 0.2) is 0 Å². The van der Waals surface area contributed by atoms with Gasteiger partial charge in [-0.2, -0.15) is 5.26 Å². The van der Waals surface area contributed by atoms with Crippen molar-refractivity contribution in [3.05, 3.63) is 29.1 Å². The number of rotatable bonds is 4. The van der Waals surface area contributed by atoms with Crippen LogP contribution in [0.25, 0.3) is 0 Å². The second kappa shape index (κ2) is 5.65. The number of hydrogen-bond donors (Lipinski definition) is 1.